The Hall–Kier alpha value is -3.45. The predicted molar refractivity (Wildman–Crippen MR) is 120 cm³/mol. The molecule has 2 aromatic carbocycles. The largest absolute Gasteiger partial charge is 0.497 e. The molecule has 0 N–H and O–H groups in total. The van der Waals surface area contributed by atoms with E-state index in [0.717, 1.165) is 11.1 Å². The zero-order chi connectivity index (χ0) is 22.0. The van der Waals surface area contributed by atoms with Gasteiger partial charge in [0.1, 0.15) is 5.75 Å². The molecule has 1 atom stereocenters. The second kappa shape index (κ2) is 8.73. The third-order valence-corrected chi connectivity index (χ3v) is 6.03. The van der Waals surface area contributed by atoms with Crippen molar-refractivity contribution < 1.29 is 14.3 Å². The van der Waals surface area contributed by atoms with E-state index in [2.05, 4.69) is 4.99 Å². The Labute approximate surface area is 183 Å². The number of fused-ring (bicyclic) bond motifs is 1. The maximum absolute atomic E-state index is 13.4. The van der Waals surface area contributed by atoms with E-state index in [1.54, 1.807) is 25.5 Å². The number of hydrogen-bond acceptors (Lipinski definition) is 6. The Morgan fingerprint density at radius 3 is 2.52 bits per heavy atom. The fourth-order valence-corrected chi connectivity index (χ4v) is 4.64. The predicted octanol–water partition coefficient (Wildman–Crippen LogP) is 2.81. The summed E-state index contributed by atoms with van der Waals surface area (Å²) in [7, 11) is 1.59. The fraction of sp³-hybridized carbons (Fsp3) is 0.208. The maximum atomic E-state index is 13.4. The van der Waals surface area contributed by atoms with E-state index in [1.165, 1.54) is 11.3 Å². The van der Waals surface area contributed by atoms with Gasteiger partial charge in [0, 0.05) is 0 Å². The molecule has 1 aromatic heterocycles. The number of methoxy groups -OCH3 is 1. The van der Waals surface area contributed by atoms with Gasteiger partial charge in [-0.25, -0.2) is 9.79 Å². The summed E-state index contributed by atoms with van der Waals surface area (Å²) in [6.45, 7) is 3.77. The van der Waals surface area contributed by atoms with Gasteiger partial charge in [0.25, 0.3) is 5.56 Å². The molecule has 0 aliphatic carbocycles. The summed E-state index contributed by atoms with van der Waals surface area (Å²) < 4.78 is 12.7. The van der Waals surface area contributed by atoms with Gasteiger partial charge >= 0.3 is 5.97 Å². The lowest BCUT2D eigenvalue weighted by Gasteiger charge is -2.24. The van der Waals surface area contributed by atoms with Gasteiger partial charge in [-0.2, -0.15) is 0 Å². The number of ether oxygens (including phenoxy) is 2. The maximum Gasteiger partial charge on any atom is 0.338 e. The average Bonchev–Trinajstić information content (AvgIpc) is 3.08. The van der Waals surface area contributed by atoms with E-state index in [0.29, 0.717) is 26.4 Å². The van der Waals surface area contributed by atoms with Gasteiger partial charge in [-0.05, 0) is 43.2 Å². The number of esters is 1. The summed E-state index contributed by atoms with van der Waals surface area (Å²) >= 11 is 1.31. The first-order valence-corrected chi connectivity index (χ1v) is 10.7. The number of allylic oxidation sites excluding steroid dienone is 1. The molecule has 0 saturated heterocycles. The van der Waals surface area contributed by atoms with Crippen molar-refractivity contribution in [3.8, 4) is 5.75 Å². The summed E-state index contributed by atoms with van der Waals surface area (Å²) in [6, 6.07) is 16.4. The zero-order valence-corrected chi connectivity index (χ0v) is 18.3. The Morgan fingerprint density at radius 2 is 1.87 bits per heavy atom. The van der Waals surface area contributed by atoms with E-state index >= 15 is 0 Å². The Morgan fingerprint density at radius 1 is 1.16 bits per heavy atom. The van der Waals surface area contributed by atoms with Gasteiger partial charge in [0.2, 0.25) is 0 Å². The molecule has 0 saturated carbocycles. The first kappa shape index (κ1) is 20.8. The van der Waals surface area contributed by atoms with E-state index < -0.39 is 12.0 Å². The smallest absolute Gasteiger partial charge is 0.338 e. The highest BCUT2D eigenvalue weighted by Gasteiger charge is 2.33. The van der Waals surface area contributed by atoms with E-state index in [9.17, 15) is 9.59 Å². The van der Waals surface area contributed by atoms with Crippen molar-refractivity contribution in [2.75, 3.05) is 13.7 Å². The highest BCUT2D eigenvalue weighted by Crippen LogP contribution is 2.31. The molecule has 0 unspecified atom stereocenters. The second-order valence-corrected chi connectivity index (χ2v) is 8.00. The van der Waals surface area contributed by atoms with Crippen molar-refractivity contribution in [1.82, 2.24) is 4.57 Å². The first-order chi connectivity index (χ1) is 15.0. The highest BCUT2D eigenvalue weighted by atomic mass is 32.1. The molecule has 0 bridgehead atoms. The number of thiazole rings is 1. The van der Waals surface area contributed by atoms with Crippen LogP contribution in [0.5, 0.6) is 5.75 Å². The molecule has 6 nitrogen and oxygen atoms in total. The number of hydrogen-bond donors (Lipinski definition) is 0. The van der Waals surface area contributed by atoms with Gasteiger partial charge in [0.15, 0.2) is 4.80 Å². The monoisotopic (exact) mass is 434 g/mol. The van der Waals surface area contributed by atoms with Gasteiger partial charge in [-0.15, -0.1) is 0 Å². The lowest BCUT2D eigenvalue weighted by Crippen LogP contribution is -2.39. The minimum absolute atomic E-state index is 0.192. The van der Waals surface area contributed by atoms with E-state index in [-0.39, 0.29) is 12.2 Å². The van der Waals surface area contributed by atoms with E-state index in [4.69, 9.17) is 9.47 Å². The molecule has 7 heteroatoms. The minimum Gasteiger partial charge on any atom is -0.497 e. The van der Waals surface area contributed by atoms with Crippen molar-refractivity contribution in [3.05, 3.63) is 96.7 Å². The normalized spacial score (nSPS) is 16.0. The Bertz CT molecular complexity index is 1320. The van der Waals surface area contributed by atoms with E-state index in [1.807, 2.05) is 60.7 Å². The molecule has 1 aliphatic rings. The zero-order valence-electron chi connectivity index (χ0n) is 17.5. The number of rotatable bonds is 5. The fourth-order valence-electron chi connectivity index (χ4n) is 3.59. The van der Waals surface area contributed by atoms with Crippen LogP contribution in [0.3, 0.4) is 0 Å². The molecular formula is C24H22N2O4S. The van der Waals surface area contributed by atoms with Crippen molar-refractivity contribution in [3.63, 3.8) is 0 Å². The number of benzene rings is 2. The molecule has 31 heavy (non-hydrogen) atoms. The van der Waals surface area contributed by atoms with Gasteiger partial charge in [-0.3, -0.25) is 9.36 Å². The number of carbonyl (C=O) groups excluding carboxylic acids is 1. The highest BCUT2D eigenvalue weighted by molar-refractivity contribution is 7.07. The summed E-state index contributed by atoms with van der Waals surface area (Å²) in [5, 5.41) is 0. The van der Waals surface area contributed by atoms with Crippen LogP contribution in [0.1, 0.15) is 31.0 Å². The quantitative estimate of drug-likeness (QED) is 0.579. The Kier molecular flexibility index (Phi) is 5.86. The van der Waals surface area contributed by atoms with Crippen LogP contribution in [-0.2, 0) is 9.53 Å². The third-order valence-electron chi connectivity index (χ3n) is 5.05. The molecule has 2 heterocycles. The van der Waals surface area contributed by atoms with Gasteiger partial charge in [-0.1, -0.05) is 53.8 Å². The van der Waals surface area contributed by atoms with Crippen LogP contribution < -0.4 is 19.6 Å². The van der Waals surface area contributed by atoms with Crippen molar-refractivity contribution >= 4 is 23.4 Å². The molecular weight excluding hydrogens is 412 g/mol. The molecule has 4 rings (SSSR count). The first-order valence-electron chi connectivity index (χ1n) is 9.92. The van der Waals surface area contributed by atoms with Gasteiger partial charge in [0.05, 0.1) is 35.6 Å². The molecule has 3 aromatic rings. The summed E-state index contributed by atoms with van der Waals surface area (Å²) in [6.07, 6.45) is 1.85. The summed E-state index contributed by atoms with van der Waals surface area (Å²) in [5.74, 6) is 0.223. The molecule has 0 fully saturated rings. The van der Waals surface area contributed by atoms with Crippen LogP contribution in [0.4, 0.5) is 0 Å². The van der Waals surface area contributed by atoms with Crippen LogP contribution in [-0.4, -0.2) is 24.3 Å². The number of aromatic nitrogens is 1. The SMILES string of the molecule is CCOC(=O)C1=C(C)N=c2sc(=Cc3ccccc3)c(=O)n2[C@@H]1c1ccc(OC)cc1. The average molecular weight is 435 g/mol. The number of carbonyl (C=O) groups is 1. The van der Waals surface area contributed by atoms with Crippen molar-refractivity contribution in [1.29, 1.82) is 0 Å². The minimum atomic E-state index is -0.626. The van der Waals surface area contributed by atoms with Crippen LogP contribution >= 0.6 is 11.3 Å². The second-order valence-electron chi connectivity index (χ2n) is 6.99. The van der Waals surface area contributed by atoms with Crippen LogP contribution in [0, 0.1) is 0 Å². The summed E-state index contributed by atoms with van der Waals surface area (Å²) in [5.41, 5.74) is 2.43. The standard InChI is InChI=1S/C24H22N2O4S/c1-4-30-23(28)20-15(2)25-24-26(21(20)17-10-12-18(29-3)13-11-17)22(27)19(31-24)14-16-8-6-5-7-9-16/h5-14,21H,4H2,1-3H3/t21-/m1/s1. The molecule has 0 spiro atoms. The molecule has 0 amide bonds. The van der Waals surface area contributed by atoms with Crippen molar-refractivity contribution in [2.24, 2.45) is 4.99 Å². The summed E-state index contributed by atoms with van der Waals surface area (Å²) in [4.78, 5) is 31.4. The molecule has 158 valence electrons. The van der Waals surface area contributed by atoms with Crippen LogP contribution in [0.2, 0.25) is 0 Å². The lowest BCUT2D eigenvalue weighted by molar-refractivity contribution is -0.139. The van der Waals surface area contributed by atoms with Gasteiger partial charge < -0.3 is 9.47 Å². The number of nitrogens with zero attached hydrogens (tertiary/aromatic N) is 2. The third kappa shape index (κ3) is 3.96. The Balaban J connectivity index is 1.95. The topological polar surface area (TPSA) is 69.9 Å². The molecule has 0 radical (unpaired) electrons. The lowest BCUT2D eigenvalue weighted by atomic mass is 9.96. The van der Waals surface area contributed by atoms with Crippen LogP contribution in [0.25, 0.3) is 6.08 Å². The van der Waals surface area contributed by atoms with Crippen molar-refractivity contribution in [2.45, 2.75) is 19.9 Å². The molecule has 1 aliphatic heterocycles. The van der Waals surface area contributed by atoms with Crippen LogP contribution in [0.15, 0.2) is 75.7 Å².